The maximum Gasteiger partial charge on any atom is 0.0738 e. The third kappa shape index (κ3) is 4.06. The maximum atomic E-state index is 5.69. The topological polar surface area (TPSA) is 48.3 Å². The predicted octanol–water partition coefficient (Wildman–Crippen LogP) is 2.16. The van der Waals surface area contributed by atoms with Crippen molar-refractivity contribution < 1.29 is 9.47 Å². The van der Waals surface area contributed by atoms with E-state index < -0.39 is 0 Å². The number of hydrogen-bond acceptors (Lipinski definition) is 4. The van der Waals surface area contributed by atoms with Crippen LogP contribution in [0.2, 0.25) is 0 Å². The van der Waals surface area contributed by atoms with Crippen LogP contribution in [0.15, 0.2) is 4.47 Å². The molecule has 6 heteroatoms. The van der Waals surface area contributed by atoms with Crippen molar-refractivity contribution in [2.45, 2.75) is 33.2 Å². The third-order valence-electron chi connectivity index (χ3n) is 4.16. The van der Waals surface area contributed by atoms with E-state index in [4.69, 9.17) is 9.47 Å². The minimum Gasteiger partial charge on any atom is -0.383 e. The van der Waals surface area contributed by atoms with E-state index in [2.05, 4.69) is 44.9 Å². The Bertz CT molecular complexity index is 456. The summed E-state index contributed by atoms with van der Waals surface area (Å²) < 4.78 is 14.0. The molecule has 0 saturated carbocycles. The van der Waals surface area contributed by atoms with Gasteiger partial charge in [-0.15, -0.1) is 0 Å². The monoisotopic (exact) mass is 359 g/mol. The fraction of sp³-hybridized carbons (Fsp3) is 0.800. The first-order valence-electron chi connectivity index (χ1n) is 7.61. The number of hydrogen-bond donors (Lipinski definition) is 1. The van der Waals surface area contributed by atoms with Gasteiger partial charge in [-0.1, -0.05) is 0 Å². The van der Waals surface area contributed by atoms with Crippen LogP contribution in [0.25, 0.3) is 0 Å². The van der Waals surface area contributed by atoms with Gasteiger partial charge in [0.1, 0.15) is 0 Å². The Labute approximate surface area is 135 Å². The summed E-state index contributed by atoms with van der Waals surface area (Å²) in [5.74, 6) is 0. The molecule has 1 saturated heterocycles. The minimum absolute atomic E-state index is 0.162. The van der Waals surface area contributed by atoms with Crippen molar-refractivity contribution in [2.75, 3.05) is 40.0 Å². The second-order valence-electron chi connectivity index (χ2n) is 5.81. The lowest BCUT2D eigenvalue weighted by Crippen LogP contribution is -2.38. The van der Waals surface area contributed by atoms with E-state index in [9.17, 15) is 0 Å². The van der Waals surface area contributed by atoms with Gasteiger partial charge in [0, 0.05) is 38.8 Å². The summed E-state index contributed by atoms with van der Waals surface area (Å²) in [5, 5.41) is 8.10. The molecule has 0 aromatic carbocycles. The number of aromatic nitrogens is 2. The molecular weight excluding hydrogens is 334 g/mol. The van der Waals surface area contributed by atoms with Gasteiger partial charge in [0.05, 0.1) is 29.1 Å². The fourth-order valence-corrected chi connectivity index (χ4v) is 3.34. The highest BCUT2D eigenvalue weighted by atomic mass is 79.9. The number of nitrogens with zero attached hydrogens (tertiary/aromatic N) is 2. The molecule has 1 N–H and O–H groups in total. The average Bonchev–Trinajstić information content (AvgIpc) is 3.04. The number of nitrogens with one attached hydrogen (secondary N) is 1. The molecule has 21 heavy (non-hydrogen) atoms. The van der Waals surface area contributed by atoms with Gasteiger partial charge in [0.2, 0.25) is 0 Å². The number of rotatable bonds is 8. The molecule has 1 atom stereocenters. The first-order chi connectivity index (χ1) is 10.1. The van der Waals surface area contributed by atoms with E-state index in [0.29, 0.717) is 0 Å². The van der Waals surface area contributed by atoms with Gasteiger partial charge in [-0.2, -0.15) is 5.10 Å². The summed E-state index contributed by atoms with van der Waals surface area (Å²) in [6.07, 6.45) is 2.08. The number of halogens is 1. The number of methoxy groups -OCH3 is 1. The standard InChI is InChI=1S/C15H26BrN3O2/c1-4-19-13(14(16)12(2)18-19)9-15(5-7-21-11-15)10-17-6-8-20-3/h17H,4-11H2,1-3H3. The van der Waals surface area contributed by atoms with Crippen molar-refractivity contribution in [3.8, 4) is 0 Å². The molecule has 1 unspecified atom stereocenters. The van der Waals surface area contributed by atoms with Crippen LogP contribution >= 0.6 is 15.9 Å². The second kappa shape index (κ2) is 7.72. The van der Waals surface area contributed by atoms with Gasteiger partial charge in [-0.05, 0) is 42.6 Å². The molecule has 0 bridgehead atoms. The first-order valence-corrected chi connectivity index (χ1v) is 8.40. The van der Waals surface area contributed by atoms with Gasteiger partial charge >= 0.3 is 0 Å². The molecule has 0 aliphatic carbocycles. The van der Waals surface area contributed by atoms with Crippen LogP contribution in [0, 0.1) is 12.3 Å². The molecule has 2 rings (SSSR count). The molecule has 2 heterocycles. The molecule has 120 valence electrons. The maximum absolute atomic E-state index is 5.69. The Kier molecular flexibility index (Phi) is 6.22. The lowest BCUT2D eigenvalue weighted by Gasteiger charge is -2.28. The molecule has 5 nitrogen and oxygen atoms in total. The lowest BCUT2D eigenvalue weighted by atomic mass is 9.82. The smallest absolute Gasteiger partial charge is 0.0738 e. The quantitative estimate of drug-likeness (QED) is 0.722. The largest absolute Gasteiger partial charge is 0.383 e. The summed E-state index contributed by atoms with van der Waals surface area (Å²) in [6.45, 7) is 9.33. The summed E-state index contributed by atoms with van der Waals surface area (Å²) in [4.78, 5) is 0. The van der Waals surface area contributed by atoms with Crippen LogP contribution in [-0.4, -0.2) is 49.8 Å². The van der Waals surface area contributed by atoms with E-state index in [0.717, 1.165) is 62.5 Å². The Morgan fingerprint density at radius 3 is 2.95 bits per heavy atom. The van der Waals surface area contributed by atoms with Gasteiger partial charge in [0.25, 0.3) is 0 Å². The molecule has 1 aromatic heterocycles. The van der Waals surface area contributed by atoms with Crippen LogP contribution in [0.5, 0.6) is 0 Å². The molecule has 0 radical (unpaired) electrons. The van der Waals surface area contributed by atoms with Crippen molar-refractivity contribution >= 4 is 15.9 Å². The van der Waals surface area contributed by atoms with Crippen molar-refractivity contribution in [1.82, 2.24) is 15.1 Å². The molecule has 0 amide bonds. The highest BCUT2D eigenvalue weighted by molar-refractivity contribution is 9.10. The fourth-order valence-electron chi connectivity index (χ4n) is 2.91. The SMILES string of the molecule is CCn1nc(C)c(Br)c1CC1(CNCCOC)CCOC1. The minimum atomic E-state index is 0.162. The van der Waals surface area contributed by atoms with Gasteiger partial charge in [0.15, 0.2) is 0 Å². The lowest BCUT2D eigenvalue weighted by molar-refractivity contribution is 0.143. The van der Waals surface area contributed by atoms with Gasteiger partial charge in [-0.3, -0.25) is 4.68 Å². The molecule has 1 aliphatic rings. The van der Waals surface area contributed by atoms with E-state index in [1.165, 1.54) is 5.69 Å². The molecular formula is C15H26BrN3O2. The van der Waals surface area contributed by atoms with E-state index in [1.807, 2.05) is 0 Å². The van der Waals surface area contributed by atoms with Crippen molar-refractivity contribution in [1.29, 1.82) is 0 Å². The molecule has 1 aromatic rings. The van der Waals surface area contributed by atoms with Crippen molar-refractivity contribution in [3.63, 3.8) is 0 Å². The summed E-state index contributed by atoms with van der Waals surface area (Å²) in [5.41, 5.74) is 2.51. The van der Waals surface area contributed by atoms with Gasteiger partial charge < -0.3 is 14.8 Å². The predicted molar refractivity (Wildman–Crippen MR) is 86.7 cm³/mol. The second-order valence-corrected chi connectivity index (χ2v) is 6.60. The number of ether oxygens (including phenoxy) is 2. The Hall–Kier alpha value is -0.430. The van der Waals surface area contributed by atoms with E-state index in [1.54, 1.807) is 7.11 Å². The van der Waals surface area contributed by atoms with E-state index >= 15 is 0 Å². The Morgan fingerprint density at radius 2 is 2.33 bits per heavy atom. The highest BCUT2D eigenvalue weighted by Gasteiger charge is 2.36. The van der Waals surface area contributed by atoms with Crippen LogP contribution in [0.1, 0.15) is 24.7 Å². The van der Waals surface area contributed by atoms with Crippen molar-refractivity contribution in [2.24, 2.45) is 5.41 Å². The van der Waals surface area contributed by atoms with Gasteiger partial charge in [-0.25, -0.2) is 0 Å². The van der Waals surface area contributed by atoms with E-state index in [-0.39, 0.29) is 5.41 Å². The van der Waals surface area contributed by atoms with Crippen LogP contribution in [0.3, 0.4) is 0 Å². The van der Waals surface area contributed by atoms with Crippen LogP contribution < -0.4 is 5.32 Å². The average molecular weight is 360 g/mol. The summed E-state index contributed by atoms with van der Waals surface area (Å²) >= 11 is 3.70. The molecule has 1 fully saturated rings. The zero-order chi connectivity index (χ0) is 15.3. The molecule has 1 aliphatic heterocycles. The normalized spacial score (nSPS) is 22.1. The Balaban J connectivity index is 2.09. The Morgan fingerprint density at radius 1 is 1.52 bits per heavy atom. The summed E-state index contributed by atoms with van der Waals surface area (Å²) in [6, 6.07) is 0. The third-order valence-corrected chi connectivity index (χ3v) is 5.19. The summed E-state index contributed by atoms with van der Waals surface area (Å²) in [7, 11) is 1.73. The highest BCUT2D eigenvalue weighted by Crippen LogP contribution is 2.35. The zero-order valence-electron chi connectivity index (χ0n) is 13.2. The molecule has 0 spiro atoms. The van der Waals surface area contributed by atoms with Crippen molar-refractivity contribution in [3.05, 3.63) is 15.9 Å². The zero-order valence-corrected chi connectivity index (χ0v) is 14.8. The number of aryl methyl sites for hydroxylation is 2. The van der Waals surface area contributed by atoms with Crippen LogP contribution in [0.4, 0.5) is 0 Å². The van der Waals surface area contributed by atoms with Crippen LogP contribution in [-0.2, 0) is 22.4 Å². The first kappa shape index (κ1) is 16.9.